The molecule has 0 spiro atoms. The van der Waals surface area contributed by atoms with Gasteiger partial charge in [0.2, 0.25) is 0 Å². The van der Waals surface area contributed by atoms with E-state index in [1.54, 1.807) is 19.4 Å². The van der Waals surface area contributed by atoms with Gasteiger partial charge in [-0.25, -0.2) is 4.98 Å². The molecule has 0 radical (unpaired) electrons. The van der Waals surface area contributed by atoms with Crippen LogP contribution >= 0.6 is 23.2 Å². The Bertz CT molecular complexity index is 786. The summed E-state index contributed by atoms with van der Waals surface area (Å²) in [5, 5.41) is 1.34. The Morgan fingerprint density at radius 1 is 1.12 bits per heavy atom. The fraction of sp³-hybridized carbons (Fsp3) is 0.211. The van der Waals surface area contributed by atoms with Crippen LogP contribution in [0.25, 0.3) is 0 Å². The summed E-state index contributed by atoms with van der Waals surface area (Å²) in [6, 6.07) is 13.8. The lowest BCUT2D eigenvalue weighted by Crippen LogP contribution is -2.11. The predicted octanol–water partition coefficient (Wildman–Crippen LogP) is 5.23. The highest BCUT2D eigenvalue weighted by Crippen LogP contribution is 2.31. The van der Waals surface area contributed by atoms with Crippen molar-refractivity contribution in [2.24, 2.45) is 0 Å². The second-order valence-electron chi connectivity index (χ2n) is 5.67. The van der Waals surface area contributed by atoms with Gasteiger partial charge in [0.15, 0.2) is 0 Å². The Balaban J connectivity index is 1.88. The number of nitrogens with zero attached hydrogens (tertiary/aromatic N) is 2. The van der Waals surface area contributed by atoms with E-state index in [9.17, 15) is 0 Å². The van der Waals surface area contributed by atoms with Crippen LogP contribution in [0.2, 0.25) is 10.0 Å². The fourth-order valence-electron chi connectivity index (χ4n) is 2.80. The van der Waals surface area contributed by atoms with Crippen LogP contribution < -0.4 is 4.74 Å². The molecule has 0 N–H and O–H groups in total. The van der Waals surface area contributed by atoms with Crippen molar-refractivity contribution in [1.82, 2.24) is 9.55 Å². The summed E-state index contributed by atoms with van der Waals surface area (Å²) in [6.45, 7) is 0.799. The minimum atomic E-state index is 0.220. The van der Waals surface area contributed by atoms with Gasteiger partial charge in [-0.2, -0.15) is 0 Å². The van der Waals surface area contributed by atoms with Gasteiger partial charge in [-0.05, 0) is 41.8 Å². The second-order valence-corrected chi connectivity index (χ2v) is 6.52. The number of hydrogen-bond donors (Lipinski definition) is 0. The summed E-state index contributed by atoms with van der Waals surface area (Å²) in [7, 11) is 1.67. The van der Waals surface area contributed by atoms with E-state index >= 15 is 0 Å². The van der Waals surface area contributed by atoms with E-state index in [1.807, 2.05) is 36.8 Å². The summed E-state index contributed by atoms with van der Waals surface area (Å²) in [5.41, 5.74) is 2.32. The van der Waals surface area contributed by atoms with Crippen LogP contribution in [0.5, 0.6) is 5.75 Å². The van der Waals surface area contributed by atoms with Gasteiger partial charge in [-0.3, -0.25) is 0 Å². The number of imidazole rings is 1. The Morgan fingerprint density at radius 2 is 1.92 bits per heavy atom. The molecule has 1 aromatic heterocycles. The van der Waals surface area contributed by atoms with Crippen molar-refractivity contribution in [2.75, 3.05) is 7.11 Å². The molecule has 2 aromatic carbocycles. The molecule has 0 saturated carbocycles. The van der Waals surface area contributed by atoms with Crippen molar-refractivity contribution in [3.05, 3.63) is 82.4 Å². The van der Waals surface area contributed by atoms with E-state index in [2.05, 4.69) is 21.7 Å². The highest BCUT2D eigenvalue weighted by molar-refractivity contribution is 6.35. The van der Waals surface area contributed by atoms with Gasteiger partial charge in [0.25, 0.3) is 0 Å². The first-order chi connectivity index (χ1) is 11.7. The average molecular weight is 361 g/mol. The summed E-state index contributed by atoms with van der Waals surface area (Å²) in [5.74, 6) is 1.08. The predicted molar refractivity (Wildman–Crippen MR) is 98.1 cm³/mol. The maximum Gasteiger partial charge on any atom is 0.118 e. The minimum Gasteiger partial charge on any atom is -0.497 e. The lowest BCUT2D eigenvalue weighted by atomic mass is 9.91. The van der Waals surface area contributed by atoms with Gasteiger partial charge >= 0.3 is 0 Å². The van der Waals surface area contributed by atoms with E-state index in [0.717, 1.165) is 24.3 Å². The largest absolute Gasteiger partial charge is 0.497 e. The van der Waals surface area contributed by atoms with Gasteiger partial charge in [0, 0.05) is 34.9 Å². The number of aromatic nitrogens is 2. The number of ether oxygens (including phenoxy) is 1. The third kappa shape index (κ3) is 4.11. The van der Waals surface area contributed by atoms with Crippen LogP contribution in [0.3, 0.4) is 0 Å². The molecular weight excluding hydrogens is 343 g/mol. The molecule has 1 atom stereocenters. The standard InChI is InChI=1S/C19H18Cl2N2O/c1-24-17-5-2-14(3-6-17)10-15(12-23-9-8-22-13-23)18-7-4-16(20)11-19(18)21/h2-9,11,13,15H,10,12H2,1H3. The molecule has 24 heavy (non-hydrogen) atoms. The molecule has 0 aliphatic heterocycles. The Kier molecular flexibility index (Phi) is 5.44. The number of benzene rings is 2. The normalized spacial score (nSPS) is 12.1. The van der Waals surface area contributed by atoms with E-state index in [4.69, 9.17) is 27.9 Å². The molecule has 124 valence electrons. The van der Waals surface area contributed by atoms with Crippen molar-refractivity contribution in [1.29, 1.82) is 0 Å². The molecule has 0 fully saturated rings. The molecule has 1 unspecified atom stereocenters. The van der Waals surface area contributed by atoms with Crippen molar-refractivity contribution >= 4 is 23.2 Å². The number of methoxy groups -OCH3 is 1. The Hall–Kier alpha value is -1.97. The zero-order valence-corrected chi connectivity index (χ0v) is 14.8. The molecule has 0 bridgehead atoms. The van der Waals surface area contributed by atoms with Crippen LogP contribution in [0.4, 0.5) is 0 Å². The minimum absolute atomic E-state index is 0.220. The van der Waals surface area contributed by atoms with Gasteiger partial charge in [-0.1, -0.05) is 41.4 Å². The third-order valence-electron chi connectivity index (χ3n) is 4.03. The molecule has 0 aliphatic rings. The maximum absolute atomic E-state index is 6.45. The van der Waals surface area contributed by atoms with Crippen molar-refractivity contribution < 1.29 is 4.74 Å². The first-order valence-electron chi connectivity index (χ1n) is 7.69. The highest BCUT2D eigenvalue weighted by atomic mass is 35.5. The van der Waals surface area contributed by atoms with Gasteiger partial charge in [0.05, 0.1) is 13.4 Å². The van der Waals surface area contributed by atoms with Crippen LogP contribution in [0, 0.1) is 0 Å². The molecule has 1 heterocycles. The van der Waals surface area contributed by atoms with Crippen LogP contribution in [-0.4, -0.2) is 16.7 Å². The molecular formula is C19H18Cl2N2O. The molecule has 0 saturated heterocycles. The quantitative estimate of drug-likeness (QED) is 0.602. The smallest absolute Gasteiger partial charge is 0.118 e. The topological polar surface area (TPSA) is 27.1 Å². The number of rotatable bonds is 6. The molecule has 0 amide bonds. The van der Waals surface area contributed by atoms with Crippen molar-refractivity contribution in [3.8, 4) is 5.75 Å². The zero-order chi connectivity index (χ0) is 16.9. The molecule has 3 aromatic rings. The maximum atomic E-state index is 6.45. The first kappa shape index (κ1) is 16.9. The van der Waals surface area contributed by atoms with Crippen LogP contribution in [0.1, 0.15) is 17.0 Å². The summed E-state index contributed by atoms with van der Waals surface area (Å²) < 4.78 is 7.30. The van der Waals surface area contributed by atoms with Crippen molar-refractivity contribution in [2.45, 2.75) is 18.9 Å². The van der Waals surface area contributed by atoms with E-state index in [1.165, 1.54) is 5.56 Å². The second kappa shape index (κ2) is 7.73. The van der Waals surface area contributed by atoms with E-state index in [-0.39, 0.29) is 5.92 Å². The molecule has 5 heteroatoms. The lowest BCUT2D eigenvalue weighted by molar-refractivity contribution is 0.414. The third-order valence-corrected chi connectivity index (χ3v) is 4.60. The molecule has 0 aliphatic carbocycles. The van der Waals surface area contributed by atoms with Gasteiger partial charge in [-0.15, -0.1) is 0 Å². The van der Waals surface area contributed by atoms with Gasteiger partial charge in [0.1, 0.15) is 5.75 Å². The SMILES string of the molecule is COc1ccc(CC(Cn2ccnc2)c2ccc(Cl)cc2Cl)cc1. The monoisotopic (exact) mass is 360 g/mol. The Morgan fingerprint density at radius 3 is 2.54 bits per heavy atom. The summed E-state index contributed by atoms with van der Waals surface area (Å²) in [6.07, 6.45) is 6.44. The fourth-order valence-corrected chi connectivity index (χ4v) is 3.36. The average Bonchev–Trinajstić information content (AvgIpc) is 3.08. The summed E-state index contributed by atoms with van der Waals surface area (Å²) in [4.78, 5) is 4.13. The van der Waals surface area contributed by atoms with E-state index in [0.29, 0.717) is 10.0 Å². The van der Waals surface area contributed by atoms with Gasteiger partial charge < -0.3 is 9.30 Å². The summed E-state index contributed by atoms with van der Waals surface area (Å²) >= 11 is 12.5. The zero-order valence-electron chi connectivity index (χ0n) is 13.3. The van der Waals surface area contributed by atoms with Crippen LogP contribution in [-0.2, 0) is 13.0 Å². The number of hydrogen-bond acceptors (Lipinski definition) is 2. The number of halogens is 2. The van der Waals surface area contributed by atoms with Crippen molar-refractivity contribution in [3.63, 3.8) is 0 Å². The Labute approximate surface area is 151 Å². The van der Waals surface area contributed by atoms with Crippen LogP contribution in [0.15, 0.2) is 61.2 Å². The first-order valence-corrected chi connectivity index (χ1v) is 8.45. The molecule has 3 rings (SSSR count). The molecule has 3 nitrogen and oxygen atoms in total. The highest BCUT2D eigenvalue weighted by Gasteiger charge is 2.17. The lowest BCUT2D eigenvalue weighted by Gasteiger charge is -2.20. The van der Waals surface area contributed by atoms with E-state index < -0.39 is 0 Å².